The molecule has 19 heavy (non-hydrogen) atoms. The van der Waals surface area contributed by atoms with Gasteiger partial charge in [-0.05, 0) is 30.7 Å². The molecule has 0 unspecified atom stereocenters. The van der Waals surface area contributed by atoms with Crippen LogP contribution >= 0.6 is 0 Å². The van der Waals surface area contributed by atoms with Crippen LogP contribution in [-0.4, -0.2) is 28.0 Å². The lowest BCUT2D eigenvalue weighted by Crippen LogP contribution is -2.25. The van der Waals surface area contributed by atoms with Crippen LogP contribution in [0.5, 0.6) is 0 Å². The second-order valence-corrected chi connectivity index (χ2v) is 5.48. The SMILES string of the molecule is COC(=O)CCCNS(=O)(=O)c1ccc(C#N)cc1. The number of carbonyl (C=O) groups excluding carboxylic acids is 1. The van der Waals surface area contributed by atoms with Gasteiger partial charge in [0.2, 0.25) is 10.0 Å². The van der Waals surface area contributed by atoms with E-state index in [0.29, 0.717) is 12.0 Å². The fourth-order valence-electron chi connectivity index (χ4n) is 1.33. The number of ether oxygens (including phenoxy) is 1. The second-order valence-electron chi connectivity index (χ2n) is 3.71. The minimum absolute atomic E-state index is 0.0876. The number of benzene rings is 1. The zero-order chi connectivity index (χ0) is 14.3. The monoisotopic (exact) mass is 282 g/mol. The number of esters is 1. The third kappa shape index (κ3) is 4.69. The van der Waals surface area contributed by atoms with Crippen LogP contribution in [0.2, 0.25) is 0 Å². The fraction of sp³-hybridized carbons (Fsp3) is 0.333. The Bertz CT molecular complexity index is 573. The van der Waals surface area contributed by atoms with Crippen molar-refractivity contribution in [2.24, 2.45) is 0 Å². The van der Waals surface area contributed by atoms with Gasteiger partial charge in [0.15, 0.2) is 0 Å². The molecule has 0 spiro atoms. The molecular formula is C12H14N2O4S. The van der Waals surface area contributed by atoms with Crippen LogP contribution in [-0.2, 0) is 19.6 Å². The third-order valence-electron chi connectivity index (χ3n) is 2.37. The van der Waals surface area contributed by atoms with Gasteiger partial charge in [-0.2, -0.15) is 5.26 Å². The van der Waals surface area contributed by atoms with Crippen LogP contribution < -0.4 is 4.72 Å². The molecule has 0 amide bonds. The maximum Gasteiger partial charge on any atom is 0.305 e. The summed E-state index contributed by atoms with van der Waals surface area (Å²) in [5.41, 5.74) is 0.393. The van der Waals surface area contributed by atoms with E-state index in [1.807, 2.05) is 6.07 Å². The summed E-state index contributed by atoms with van der Waals surface area (Å²) in [7, 11) is -2.32. The Morgan fingerprint density at radius 3 is 2.53 bits per heavy atom. The standard InChI is InChI=1S/C12H14N2O4S/c1-18-12(15)3-2-8-14-19(16,17)11-6-4-10(9-13)5-7-11/h4-7,14H,2-3,8H2,1H3. The van der Waals surface area contributed by atoms with E-state index in [2.05, 4.69) is 9.46 Å². The lowest BCUT2D eigenvalue weighted by atomic mass is 10.2. The zero-order valence-corrected chi connectivity index (χ0v) is 11.2. The molecule has 1 aromatic carbocycles. The number of sulfonamides is 1. The molecule has 0 bridgehead atoms. The van der Waals surface area contributed by atoms with E-state index in [4.69, 9.17) is 5.26 Å². The number of hydrogen-bond acceptors (Lipinski definition) is 5. The summed E-state index contributed by atoms with van der Waals surface area (Å²) in [6, 6.07) is 7.50. The summed E-state index contributed by atoms with van der Waals surface area (Å²) < 4.78 is 30.5. The molecule has 0 heterocycles. The quantitative estimate of drug-likeness (QED) is 0.614. The molecule has 102 valence electrons. The average Bonchev–Trinajstić information content (AvgIpc) is 2.43. The molecule has 1 aromatic rings. The minimum Gasteiger partial charge on any atom is -0.469 e. The van der Waals surface area contributed by atoms with E-state index >= 15 is 0 Å². The largest absolute Gasteiger partial charge is 0.469 e. The average molecular weight is 282 g/mol. The van der Waals surface area contributed by atoms with Gasteiger partial charge in [-0.1, -0.05) is 0 Å². The number of hydrogen-bond donors (Lipinski definition) is 1. The van der Waals surface area contributed by atoms with Crippen molar-refractivity contribution in [3.05, 3.63) is 29.8 Å². The molecule has 0 saturated heterocycles. The topological polar surface area (TPSA) is 96.3 Å². The van der Waals surface area contributed by atoms with E-state index in [-0.39, 0.29) is 23.8 Å². The van der Waals surface area contributed by atoms with Gasteiger partial charge in [-0.3, -0.25) is 4.79 Å². The zero-order valence-electron chi connectivity index (χ0n) is 10.4. The fourth-order valence-corrected chi connectivity index (χ4v) is 2.41. The number of nitrogens with one attached hydrogen (secondary N) is 1. The number of rotatable bonds is 6. The van der Waals surface area contributed by atoms with Crippen molar-refractivity contribution < 1.29 is 17.9 Å². The van der Waals surface area contributed by atoms with E-state index < -0.39 is 10.0 Å². The molecule has 0 aliphatic rings. The maximum absolute atomic E-state index is 11.8. The van der Waals surface area contributed by atoms with Crippen LogP contribution in [0, 0.1) is 11.3 Å². The molecule has 0 fully saturated rings. The number of nitrogens with zero attached hydrogens (tertiary/aromatic N) is 1. The number of carbonyl (C=O) groups is 1. The first-order chi connectivity index (χ1) is 8.99. The van der Waals surface area contributed by atoms with E-state index in [9.17, 15) is 13.2 Å². The van der Waals surface area contributed by atoms with Gasteiger partial charge < -0.3 is 4.74 Å². The first-order valence-electron chi connectivity index (χ1n) is 5.56. The van der Waals surface area contributed by atoms with Crippen LogP contribution in [0.4, 0.5) is 0 Å². The Hall–Kier alpha value is -1.91. The van der Waals surface area contributed by atoms with Crippen molar-refractivity contribution >= 4 is 16.0 Å². The summed E-state index contributed by atoms with van der Waals surface area (Å²) in [6.07, 6.45) is 0.522. The summed E-state index contributed by atoms with van der Waals surface area (Å²) in [6.45, 7) is 0.150. The molecular weight excluding hydrogens is 268 g/mol. The molecule has 7 heteroatoms. The summed E-state index contributed by atoms with van der Waals surface area (Å²) in [5, 5.41) is 8.62. The summed E-state index contributed by atoms with van der Waals surface area (Å²) in [5.74, 6) is -0.377. The van der Waals surface area contributed by atoms with Crippen molar-refractivity contribution in [1.82, 2.24) is 4.72 Å². The number of nitriles is 1. The lowest BCUT2D eigenvalue weighted by molar-refractivity contribution is -0.140. The van der Waals surface area contributed by atoms with Crippen LogP contribution in [0.1, 0.15) is 18.4 Å². The third-order valence-corrected chi connectivity index (χ3v) is 3.85. The van der Waals surface area contributed by atoms with Crippen molar-refractivity contribution in [2.75, 3.05) is 13.7 Å². The van der Waals surface area contributed by atoms with Crippen molar-refractivity contribution in [2.45, 2.75) is 17.7 Å². The van der Waals surface area contributed by atoms with Gasteiger partial charge in [0, 0.05) is 13.0 Å². The highest BCUT2D eigenvalue weighted by Gasteiger charge is 2.13. The molecule has 1 N–H and O–H groups in total. The summed E-state index contributed by atoms with van der Waals surface area (Å²) in [4.78, 5) is 10.9. The Morgan fingerprint density at radius 1 is 1.37 bits per heavy atom. The van der Waals surface area contributed by atoms with E-state index in [1.54, 1.807) is 0 Å². The Kier molecular flexibility index (Phi) is 5.48. The van der Waals surface area contributed by atoms with E-state index in [0.717, 1.165) is 0 Å². The molecule has 0 radical (unpaired) electrons. The molecule has 0 aliphatic carbocycles. The van der Waals surface area contributed by atoms with Crippen molar-refractivity contribution in [3.63, 3.8) is 0 Å². The highest BCUT2D eigenvalue weighted by atomic mass is 32.2. The Morgan fingerprint density at radius 2 is 2.00 bits per heavy atom. The highest BCUT2D eigenvalue weighted by molar-refractivity contribution is 7.89. The van der Waals surface area contributed by atoms with Gasteiger partial charge >= 0.3 is 5.97 Å². The first-order valence-corrected chi connectivity index (χ1v) is 7.04. The minimum atomic E-state index is -3.60. The molecule has 0 saturated carbocycles. The Labute approximate surface area is 112 Å². The van der Waals surface area contributed by atoms with Gasteiger partial charge in [-0.15, -0.1) is 0 Å². The van der Waals surface area contributed by atoms with Gasteiger partial charge in [-0.25, -0.2) is 13.1 Å². The van der Waals surface area contributed by atoms with Crippen LogP contribution in [0.15, 0.2) is 29.2 Å². The van der Waals surface area contributed by atoms with Gasteiger partial charge in [0.1, 0.15) is 0 Å². The molecule has 0 atom stereocenters. The maximum atomic E-state index is 11.8. The molecule has 1 rings (SSSR count). The van der Waals surface area contributed by atoms with Crippen molar-refractivity contribution in [1.29, 1.82) is 5.26 Å². The predicted molar refractivity (Wildman–Crippen MR) is 67.6 cm³/mol. The van der Waals surface area contributed by atoms with Crippen LogP contribution in [0.25, 0.3) is 0 Å². The highest BCUT2D eigenvalue weighted by Crippen LogP contribution is 2.09. The van der Waals surface area contributed by atoms with Gasteiger partial charge in [0.05, 0.1) is 23.6 Å². The summed E-state index contributed by atoms with van der Waals surface area (Å²) >= 11 is 0. The van der Waals surface area contributed by atoms with Crippen LogP contribution in [0.3, 0.4) is 0 Å². The predicted octanol–water partition coefficient (Wildman–Crippen LogP) is 0.790. The van der Waals surface area contributed by atoms with Crippen molar-refractivity contribution in [3.8, 4) is 6.07 Å². The number of methoxy groups -OCH3 is 1. The smallest absolute Gasteiger partial charge is 0.305 e. The normalized spacial score (nSPS) is 10.7. The lowest BCUT2D eigenvalue weighted by Gasteiger charge is -2.06. The molecule has 0 aliphatic heterocycles. The van der Waals surface area contributed by atoms with E-state index in [1.165, 1.54) is 31.4 Å². The molecule has 0 aromatic heterocycles. The van der Waals surface area contributed by atoms with Gasteiger partial charge in [0.25, 0.3) is 0 Å². The molecule has 6 nitrogen and oxygen atoms in total. The second kappa shape index (κ2) is 6.87. The Balaban J connectivity index is 2.56. The first kappa shape index (κ1) is 15.1.